The third-order valence-corrected chi connectivity index (χ3v) is 4.76. The molecule has 6 heteroatoms. The number of carbonyl (C=O) groups excluding carboxylic acids is 2. The number of furan rings is 1. The van der Waals surface area contributed by atoms with Crippen LogP contribution >= 0.6 is 11.6 Å². The van der Waals surface area contributed by atoms with E-state index in [4.69, 9.17) is 16.0 Å². The first kappa shape index (κ1) is 17.5. The van der Waals surface area contributed by atoms with Gasteiger partial charge in [0, 0.05) is 18.0 Å². The summed E-state index contributed by atoms with van der Waals surface area (Å²) in [6, 6.07) is 11.0. The Morgan fingerprint density at radius 1 is 1.36 bits per heavy atom. The molecule has 0 saturated carbocycles. The van der Waals surface area contributed by atoms with Gasteiger partial charge in [-0.2, -0.15) is 0 Å². The van der Waals surface area contributed by atoms with Gasteiger partial charge in [-0.25, -0.2) is 0 Å². The van der Waals surface area contributed by atoms with Crippen LogP contribution in [0.4, 0.5) is 0 Å². The largest absolute Gasteiger partial charge is 0.467 e. The highest BCUT2D eigenvalue weighted by Crippen LogP contribution is 2.24. The molecule has 0 aliphatic carbocycles. The summed E-state index contributed by atoms with van der Waals surface area (Å²) in [5.74, 6) is 0.291. The van der Waals surface area contributed by atoms with Crippen molar-refractivity contribution in [2.24, 2.45) is 5.92 Å². The fourth-order valence-electron chi connectivity index (χ4n) is 3.10. The van der Waals surface area contributed by atoms with Gasteiger partial charge in [0.05, 0.1) is 24.8 Å². The number of benzene rings is 1. The first-order chi connectivity index (χ1) is 12.1. The molecule has 25 heavy (non-hydrogen) atoms. The molecule has 1 fully saturated rings. The minimum Gasteiger partial charge on any atom is -0.467 e. The Hall–Kier alpha value is -2.27. The van der Waals surface area contributed by atoms with Crippen molar-refractivity contribution in [2.45, 2.75) is 32.4 Å². The van der Waals surface area contributed by atoms with E-state index < -0.39 is 0 Å². The Kier molecular flexibility index (Phi) is 5.43. The van der Waals surface area contributed by atoms with Gasteiger partial charge in [0.15, 0.2) is 0 Å². The van der Waals surface area contributed by atoms with Gasteiger partial charge in [-0.3, -0.25) is 9.59 Å². The van der Waals surface area contributed by atoms with E-state index in [-0.39, 0.29) is 30.2 Å². The normalized spacial score (nSPS) is 18.4. The van der Waals surface area contributed by atoms with Crippen molar-refractivity contribution in [3.63, 3.8) is 0 Å². The Bertz CT molecular complexity index is 728. The molecular weight excluding hydrogens is 340 g/mol. The number of nitrogens with zero attached hydrogens (tertiary/aromatic N) is 1. The van der Waals surface area contributed by atoms with Gasteiger partial charge >= 0.3 is 0 Å². The maximum atomic E-state index is 12.6. The van der Waals surface area contributed by atoms with Crippen molar-refractivity contribution in [2.75, 3.05) is 6.54 Å². The van der Waals surface area contributed by atoms with Gasteiger partial charge in [-0.05, 0) is 36.2 Å². The first-order valence-corrected chi connectivity index (χ1v) is 8.80. The summed E-state index contributed by atoms with van der Waals surface area (Å²) in [6.45, 7) is 2.84. The van der Waals surface area contributed by atoms with Crippen molar-refractivity contribution in [1.82, 2.24) is 10.2 Å². The van der Waals surface area contributed by atoms with Crippen LogP contribution in [-0.2, 0) is 16.1 Å². The zero-order valence-corrected chi connectivity index (χ0v) is 14.8. The molecule has 2 amide bonds. The molecule has 2 aromatic rings. The summed E-state index contributed by atoms with van der Waals surface area (Å²) in [6.07, 6.45) is 2.59. The minimum absolute atomic E-state index is 0.0175. The second-order valence-electron chi connectivity index (χ2n) is 6.28. The standard InChI is InChI=1S/C19H21ClN2O3/c1-2-17(13-5-7-15(20)8-6-13)21-19(24)14-10-18(23)22(11-14)12-16-4-3-9-25-16/h3-9,14,17H,2,10-12H2,1H3,(H,21,24)/t14-,17+/m1/s1. The van der Waals surface area contributed by atoms with Crippen LogP contribution in [-0.4, -0.2) is 23.3 Å². The van der Waals surface area contributed by atoms with E-state index in [0.717, 1.165) is 17.7 Å². The highest BCUT2D eigenvalue weighted by atomic mass is 35.5. The quantitative estimate of drug-likeness (QED) is 0.856. The monoisotopic (exact) mass is 360 g/mol. The number of nitrogens with one attached hydrogen (secondary N) is 1. The van der Waals surface area contributed by atoms with Crippen molar-refractivity contribution in [3.8, 4) is 0 Å². The molecule has 0 bridgehead atoms. The lowest BCUT2D eigenvalue weighted by Crippen LogP contribution is -2.35. The Morgan fingerprint density at radius 3 is 2.76 bits per heavy atom. The van der Waals surface area contributed by atoms with E-state index in [1.54, 1.807) is 17.2 Å². The van der Waals surface area contributed by atoms with E-state index in [1.165, 1.54) is 0 Å². The fraction of sp³-hybridized carbons (Fsp3) is 0.368. The summed E-state index contributed by atoms with van der Waals surface area (Å²) in [7, 11) is 0. The third kappa shape index (κ3) is 4.23. The highest BCUT2D eigenvalue weighted by Gasteiger charge is 2.35. The summed E-state index contributed by atoms with van der Waals surface area (Å²) in [5.41, 5.74) is 1.01. The SMILES string of the molecule is CC[C@H](NC(=O)[C@@H]1CC(=O)N(Cc2ccco2)C1)c1ccc(Cl)cc1. The van der Waals surface area contributed by atoms with Gasteiger partial charge in [0.25, 0.3) is 0 Å². The van der Waals surface area contributed by atoms with Crippen LogP contribution < -0.4 is 5.32 Å². The summed E-state index contributed by atoms with van der Waals surface area (Å²) in [5, 5.41) is 3.73. The van der Waals surface area contributed by atoms with Crippen LogP contribution in [0.2, 0.25) is 5.02 Å². The van der Waals surface area contributed by atoms with Crippen LogP contribution in [0.3, 0.4) is 0 Å². The molecule has 1 aliphatic rings. The average Bonchev–Trinajstić information content (AvgIpc) is 3.24. The minimum atomic E-state index is -0.330. The lowest BCUT2D eigenvalue weighted by Gasteiger charge is -2.20. The maximum Gasteiger partial charge on any atom is 0.225 e. The van der Waals surface area contributed by atoms with Gasteiger partial charge in [0.2, 0.25) is 11.8 Å². The molecule has 2 atom stereocenters. The highest BCUT2D eigenvalue weighted by molar-refractivity contribution is 6.30. The van der Waals surface area contributed by atoms with Gasteiger partial charge in [0.1, 0.15) is 5.76 Å². The first-order valence-electron chi connectivity index (χ1n) is 8.42. The van der Waals surface area contributed by atoms with E-state index in [2.05, 4.69) is 5.32 Å². The molecule has 132 valence electrons. The number of rotatable bonds is 6. The van der Waals surface area contributed by atoms with Crippen LogP contribution in [0, 0.1) is 5.92 Å². The van der Waals surface area contributed by atoms with Crippen molar-refractivity contribution in [1.29, 1.82) is 0 Å². The number of carbonyl (C=O) groups is 2. The molecule has 0 radical (unpaired) electrons. The number of hydrogen-bond donors (Lipinski definition) is 1. The van der Waals surface area contributed by atoms with E-state index in [0.29, 0.717) is 18.1 Å². The molecule has 0 unspecified atom stereocenters. The Morgan fingerprint density at radius 2 is 2.12 bits per heavy atom. The molecule has 1 saturated heterocycles. The lowest BCUT2D eigenvalue weighted by molar-refractivity contribution is -0.129. The predicted octanol–water partition coefficient (Wildman–Crippen LogP) is 3.55. The predicted molar refractivity (Wildman–Crippen MR) is 94.9 cm³/mol. The summed E-state index contributed by atoms with van der Waals surface area (Å²) in [4.78, 5) is 26.4. The zero-order valence-electron chi connectivity index (χ0n) is 14.1. The van der Waals surface area contributed by atoms with Crippen LogP contribution in [0.25, 0.3) is 0 Å². The molecule has 1 aromatic carbocycles. The second-order valence-corrected chi connectivity index (χ2v) is 6.71. The molecule has 1 aliphatic heterocycles. The fourth-order valence-corrected chi connectivity index (χ4v) is 3.22. The van der Waals surface area contributed by atoms with E-state index in [1.807, 2.05) is 37.3 Å². The van der Waals surface area contributed by atoms with Crippen LogP contribution in [0.1, 0.15) is 37.1 Å². The van der Waals surface area contributed by atoms with E-state index in [9.17, 15) is 9.59 Å². The van der Waals surface area contributed by atoms with Crippen molar-refractivity contribution < 1.29 is 14.0 Å². The smallest absolute Gasteiger partial charge is 0.225 e. The van der Waals surface area contributed by atoms with Gasteiger partial charge in [-0.15, -0.1) is 0 Å². The van der Waals surface area contributed by atoms with Gasteiger partial charge in [-0.1, -0.05) is 30.7 Å². The molecule has 3 rings (SSSR count). The van der Waals surface area contributed by atoms with E-state index >= 15 is 0 Å². The number of halogens is 1. The second kappa shape index (κ2) is 7.74. The maximum absolute atomic E-state index is 12.6. The lowest BCUT2D eigenvalue weighted by atomic mass is 10.0. The van der Waals surface area contributed by atoms with Crippen molar-refractivity contribution in [3.05, 3.63) is 59.0 Å². The summed E-state index contributed by atoms with van der Waals surface area (Å²) < 4.78 is 5.28. The van der Waals surface area contributed by atoms with Crippen LogP contribution in [0.5, 0.6) is 0 Å². The van der Waals surface area contributed by atoms with Crippen LogP contribution in [0.15, 0.2) is 47.1 Å². The molecular formula is C19H21ClN2O3. The molecule has 0 spiro atoms. The Balaban J connectivity index is 1.60. The Labute approximate surface area is 151 Å². The average molecular weight is 361 g/mol. The zero-order chi connectivity index (χ0) is 17.8. The number of hydrogen-bond acceptors (Lipinski definition) is 3. The molecule has 2 heterocycles. The van der Waals surface area contributed by atoms with Crippen molar-refractivity contribution >= 4 is 23.4 Å². The molecule has 1 aromatic heterocycles. The number of likely N-dealkylation sites (tertiary alicyclic amines) is 1. The van der Waals surface area contributed by atoms with Gasteiger partial charge < -0.3 is 14.6 Å². The topological polar surface area (TPSA) is 62.6 Å². The molecule has 1 N–H and O–H groups in total. The molecule has 5 nitrogen and oxygen atoms in total. The summed E-state index contributed by atoms with van der Waals surface area (Å²) >= 11 is 5.92. The third-order valence-electron chi connectivity index (χ3n) is 4.51. The number of amides is 2.